The van der Waals surface area contributed by atoms with E-state index in [2.05, 4.69) is 9.97 Å². The highest BCUT2D eigenvalue weighted by atomic mass is 16.3. The summed E-state index contributed by atoms with van der Waals surface area (Å²) in [4.78, 5) is 19.8. The zero-order valence-electron chi connectivity index (χ0n) is 7.10. The van der Waals surface area contributed by atoms with Crippen LogP contribution in [0, 0.1) is 0 Å². The van der Waals surface area contributed by atoms with E-state index in [9.17, 15) is 9.90 Å². The molecule has 0 radical (unpaired) electrons. The lowest BCUT2D eigenvalue weighted by Gasteiger charge is -2.13. The summed E-state index contributed by atoms with van der Waals surface area (Å²) in [7, 11) is 0. The number of carbonyl (C=O) groups excluding carboxylic acids is 1. The normalized spacial score (nSPS) is 22.7. The molecule has 1 aliphatic heterocycles. The Balaban J connectivity index is 1.99. The van der Waals surface area contributed by atoms with E-state index >= 15 is 0 Å². The van der Waals surface area contributed by atoms with Crippen LogP contribution in [0.5, 0.6) is 0 Å². The van der Waals surface area contributed by atoms with Crippen LogP contribution in [0.4, 0.5) is 0 Å². The van der Waals surface area contributed by atoms with Crippen LogP contribution in [-0.4, -0.2) is 38.5 Å². The Morgan fingerprint density at radius 2 is 2.62 bits per heavy atom. The average molecular weight is 181 g/mol. The van der Waals surface area contributed by atoms with E-state index in [-0.39, 0.29) is 12.3 Å². The number of nitrogens with one attached hydrogen (secondary N) is 1. The maximum Gasteiger partial charge on any atom is 0.225 e. The van der Waals surface area contributed by atoms with E-state index in [1.807, 2.05) is 0 Å². The number of aromatic nitrogens is 2. The number of likely N-dealkylation sites (tertiary alicyclic amines) is 1. The van der Waals surface area contributed by atoms with Crippen LogP contribution in [0.1, 0.15) is 12.2 Å². The summed E-state index contributed by atoms with van der Waals surface area (Å²) in [6.45, 7) is 0.877. The fraction of sp³-hybridized carbons (Fsp3) is 0.500. The van der Waals surface area contributed by atoms with Crippen molar-refractivity contribution in [3.05, 3.63) is 18.2 Å². The van der Waals surface area contributed by atoms with Gasteiger partial charge in [-0.1, -0.05) is 0 Å². The summed E-state index contributed by atoms with van der Waals surface area (Å²) in [6, 6.07) is 0. The molecule has 1 aromatic rings. The van der Waals surface area contributed by atoms with Gasteiger partial charge in [0.05, 0.1) is 19.1 Å². The van der Waals surface area contributed by atoms with Gasteiger partial charge in [0, 0.05) is 18.9 Å². The molecule has 0 spiro atoms. The first-order valence-corrected chi connectivity index (χ1v) is 4.20. The van der Waals surface area contributed by atoms with Crippen LogP contribution in [0.3, 0.4) is 0 Å². The number of rotatable bonds is 2. The predicted molar refractivity (Wildman–Crippen MR) is 44.6 cm³/mol. The topological polar surface area (TPSA) is 69.2 Å². The second-order valence-corrected chi connectivity index (χ2v) is 3.17. The van der Waals surface area contributed by atoms with E-state index in [0.29, 0.717) is 13.1 Å². The summed E-state index contributed by atoms with van der Waals surface area (Å²) in [5, 5.41) is 9.21. The Labute approximate surface area is 75.4 Å². The maximum absolute atomic E-state index is 11.2. The third kappa shape index (κ3) is 1.70. The van der Waals surface area contributed by atoms with Crippen molar-refractivity contribution in [3.63, 3.8) is 0 Å². The fourth-order valence-electron chi connectivity index (χ4n) is 1.47. The van der Waals surface area contributed by atoms with Crippen molar-refractivity contribution in [2.24, 2.45) is 0 Å². The van der Waals surface area contributed by atoms with Crippen molar-refractivity contribution in [3.8, 4) is 0 Å². The van der Waals surface area contributed by atoms with Gasteiger partial charge < -0.3 is 15.0 Å². The quantitative estimate of drug-likeness (QED) is 0.646. The summed E-state index contributed by atoms with van der Waals surface area (Å²) >= 11 is 0. The standard InChI is InChI=1S/C8H11N3O2/c12-6-3-8(13)11(4-6)5-7-9-1-2-10-7/h1-2,6,12H,3-5H2,(H,9,10). The van der Waals surface area contributed by atoms with Gasteiger partial charge in [0.1, 0.15) is 5.82 Å². The lowest BCUT2D eigenvalue weighted by atomic mass is 10.3. The van der Waals surface area contributed by atoms with Gasteiger partial charge in [0.25, 0.3) is 0 Å². The number of hydrogen-bond donors (Lipinski definition) is 2. The van der Waals surface area contributed by atoms with Gasteiger partial charge in [0.15, 0.2) is 0 Å². The summed E-state index contributed by atoms with van der Waals surface area (Å²) < 4.78 is 0. The summed E-state index contributed by atoms with van der Waals surface area (Å²) in [5.74, 6) is 0.742. The Morgan fingerprint density at radius 3 is 3.15 bits per heavy atom. The van der Waals surface area contributed by atoms with Crippen molar-refractivity contribution in [1.29, 1.82) is 0 Å². The molecule has 0 saturated carbocycles. The van der Waals surface area contributed by atoms with Crippen molar-refractivity contribution in [1.82, 2.24) is 14.9 Å². The van der Waals surface area contributed by atoms with Gasteiger partial charge in [-0.05, 0) is 0 Å². The molecule has 0 aromatic carbocycles. The predicted octanol–water partition coefficient (Wildman–Crippen LogP) is -0.497. The number of aliphatic hydroxyl groups is 1. The molecule has 1 aliphatic rings. The minimum absolute atomic E-state index is 0.0103. The molecule has 1 aromatic heterocycles. The molecule has 5 heteroatoms. The third-order valence-electron chi connectivity index (χ3n) is 2.09. The highest BCUT2D eigenvalue weighted by Gasteiger charge is 2.28. The van der Waals surface area contributed by atoms with Gasteiger partial charge in [-0.15, -0.1) is 0 Å². The number of nitrogens with zero attached hydrogens (tertiary/aromatic N) is 2. The van der Waals surface area contributed by atoms with Gasteiger partial charge in [-0.2, -0.15) is 0 Å². The van der Waals surface area contributed by atoms with E-state index in [1.54, 1.807) is 17.3 Å². The minimum Gasteiger partial charge on any atom is -0.391 e. The second-order valence-electron chi connectivity index (χ2n) is 3.17. The van der Waals surface area contributed by atoms with Gasteiger partial charge in [-0.25, -0.2) is 4.98 Å². The molecular formula is C8H11N3O2. The number of aliphatic hydroxyl groups excluding tert-OH is 1. The second kappa shape index (κ2) is 3.18. The molecule has 1 fully saturated rings. The van der Waals surface area contributed by atoms with E-state index in [4.69, 9.17) is 0 Å². The molecular weight excluding hydrogens is 170 g/mol. The molecule has 0 bridgehead atoms. The molecule has 1 saturated heterocycles. The van der Waals surface area contributed by atoms with Crippen LogP contribution in [-0.2, 0) is 11.3 Å². The first kappa shape index (κ1) is 8.25. The van der Waals surface area contributed by atoms with Gasteiger partial charge >= 0.3 is 0 Å². The molecule has 1 unspecified atom stereocenters. The monoisotopic (exact) mass is 181 g/mol. The summed E-state index contributed by atoms with van der Waals surface area (Å²) in [5.41, 5.74) is 0. The molecule has 2 heterocycles. The first-order chi connectivity index (χ1) is 6.25. The Kier molecular flexibility index (Phi) is 2.02. The molecule has 5 nitrogen and oxygen atoms in total. The molecule has 2 N–H and O–H groups in total. The van der Waals surface area contributed by atoms with E-state index in [0.717, 1.165) is 5.82 Å². The van der Waals surface area contributed by atoms with Crippen molar-refractivity contribution >= 4 is 5.91 Å². The number of H-pyrrole nitrogens is 1. The Hall–Kier alpha value is -1.36. The zero-order valence-corrected chi connectivity index (χ0v) is 7.10. The molecule has 2 rings (SSSR count). The van der Waals surface area contributed by atoms with Crippen molar-refractivity contribution < 1.29 is 9.90 Å². The largest absolute Gasteiger partial charge is 0.391 e. The number of amides is 1. The van der Waals surface area contributed by atoms with Crippen molar-refractivity contribution in [2.75, 3.05) is 6.54 Å². The lowest BCUT2D eigenvalue weighted by Crippen LogP contribution is -2.25. The molecule has 0 aliphatic carbocycles. The van der Waals surface area contributed by atoms with Crippen LogP contribution < -0.4 is 0 Å². The molecule has 1 atom stereocenters. The smallest absolute Gasteiger partial charge is 0.225 e. The Bertz CT molecular complexity index is 296. The van der Waals surface area contributed by atoms with Gasteiger partial charge in [-0.3, -0.25) is 4.79 Å². The Morgan fingerprint density at radius 1 is 1.77 bits per heavy atom. The fourth-order valence-corrected chi connectivity index (χ4v) is 1.47. The lowest BCUT2D eigenvalue weighted by molar-refractivity contribution is -0.128. The highest BCUT2D eigenvalue weighted by molar-refractivity contribution is 5.78. The minimum atomic E-state index is -0.512. The van der Waals surface area contributed by atoms with E-state index < -0.39 is 6.10 Å². The van der Waals surface area contributed by atoms with Gasteiger partial charge in [0.2, 0.25) is 5.91 Å². The van der Waals surface area contributed by atoms with Crippen LogP contribution in [0.25, 0.3) is 0 Å². The number of aromatic amines is 1. The molecule has 1 amide bonds. The third-order valence-corrected chi connectivity index (χ3v) is 2.09. The SMILES string of the molecule is O=C1CC(O)CN1Cc1ncc[nH]1. The van der Waals surface area contributed by atoms with Crippen LogP contribution in [0.2, 0.25) is 0 Å². The average Bonchev–Trinajstić information content (AvgIpc) is 2.63. The van der Waals surface area contributed by atoms with Crippen molar-refractivity contribution in [2.45, 2.75) is 19.1 Å². The van der Waals surface area contributed by atoms with Crippen LogP contribution in [0.15, 0.2) is 12.4 Å². The van der Waals surface area contributed by atoms with E-state index in [1.165, 1.54) is 0 Å². The number of carbonyl (C=O) groups is 1. The maximum atomic E-state index is 11.2. The highest BCUT2D eigenvalue weighted by Crippen LogP contribution is 2.12. The summed E-state index contributed by atoms with van der Waals surface area (Å²) in [6.07, 6.45) is 3.08. The molecule has 13 heavy (non-hydrogen) atoms. The van der Waals surface area contributed by atoms with Crippen LogP contribution >= 0.6 is 0 Å². The number of hydrogen-bond acceptors (Lipinski definition) is 3. The number of β-amino-alcohol motifs (C(OH)–C–C–N with tert-alkyl or cyclic N) is 1. The first-order valence-electron chi connectivity index (χ1n) is 4.20. The zero-order chi connectivity index (χ0) is 9.26. The number of imidazole rings is 1. The molecule has 70 valence electrons.